The molecule has 15 heavy (non-hydrogen) atoms. The molecule has 0 heterocycles. The van der Waals surface area contributed by atoms with Crippen molar-refractivity contribution in [3.8, 4) is 5.75 Å². The second-order valence-corrected chi connectivity index (χ2v) is 4.32. The van der Waals surface area contributed by atoms with Gasteiger partial charge in [-0.15, -0.1) is 0 Å². The van der Waals surface area contributed by atoms with Crippen LogP contribution < -0.4 is 4.74 Å². The van der Waals surface area contributed by atoms with Gasteiger partial charge in [-0.25, -0.2) is 0 Å². The zero-order valence-electron chi connectivity index (χ0n) is 8.40. The number of nitro groups is 1. The highest BCUT2D eigenvalue weighted by molar-refractivity contribution is 14.1. The van der Waals surface area contributed by atoms with E-state index in [0.717, 1.165) is 16.4 Å². The summed E-state index contributed by atoms with van der Waals surface area (Å²) >= 11 is 2.04. The molecule has 0 bridgehead atoms. The molecule has 0 N–H and O–H groups in total. The van der Waals surface area contributed by atoms with E-state index in [4.69, 9.17) is 4.74 Å². The average Bonchev–Trinajstić information content (AvgIpc) is 2.20. The molecule has 0 aliphatic carbocycles. The molecule has 0 aliphatic heterocycles. The lowest BCUT2D eigenvalue weighted by molar-refractivity contribution is -0.386. The Balaban J connectivity index is 2.81. The summed E-state index contributed by atoms with van der Waals surface area (Å²) in [7, 11) is 0. The van der Waals surface area contributed by atoms with Gasteiger partial charge in [0, 0.05) is 9.64 Å². The van der Waals surface area contributed by atoms with E-state index in [0.29, 0.717) is 12.4 Å². The lowest BCUT2D eigenvalue weighted by Crippen LogP contribution is -2.00. The highest BCUT2D eigenvalue weighted by Gasteiger charge is 2.14. The fraction of sp³-hybridized carbons (Fsp3) is 0.400. The minimum Gasteiger partial charge on any atom is -0.487 e. The molecule has 0 aromatic heterocycles. The molecule has 0 amide bonds. The van der Waals surface area contributed by atoms with Crippen molar-refractivity contribution >= 4 is 28.3 Å². The van der Waals surface area contributed by atoms with Gasteiger partial charge in [0.2, 0.25) is 0 Å². The van der Waals surface area contributed by atoms with Crippen LogP contribution in [0.5, 0.6) is 5.75 Å². The molecule has 0 unspecified atom stereocenters. The molecular weight excluding hydrogens is 309 g/mol. The monoisotopic (exact) mass is 321 g/mol. The van der Waals surface area contributed by atoms with Crippen LogP contribution in [0.3, 0.4) is 0 Å². The second kappa shape index (κ2) is 5.89. The van der Waals surface area contributed by atoms with Crippen LogP contribution in [0.2, 0.25) is 0 Å². The Labute approximate surface area is 102 Å². The zero-order chi connectivity index (χ0) is 11.3. The van der Waals surface area contributed by atoms with Gasteiger partial charge < -0.3 is 4.74 Å². The standard InChI is InChI=1S/C10H12INO3/c1-2-3-6-15-10-5-4-8(11)7-9(10)12(13)14/h4-5,7H,2-3,6H2,1H3. The average molecular weight is 321 g/mol. The van der Waals surface area contributed by atoms with Crippen molar-refractivity contribution in [2.75, 3.05) is 6.61 Å². The van der Waals surface area contributed by atoms with Gasteiger partial charge in [-0.2, -0.15) is 0 Å². The van der Waals surface area contributed by atoms with Gasteiger partial charge in [-0.3, -0.25) is 10.1 Å². The molecule has 0 atom stereocenters. The van der Waals surface area contributed by atoms with Gasteiger partial charge in [-0.1, -0.05) is 13.3 Å². The van der Waals surface area contributed by atoms with E-state index in [1.165, 1.54) is 6.07 Å². The molecule has 5 heteroatoms. The first-order valence-electron chi connectivity index (χ1n) is 4.72. The molecular formula is C10H12INO3. The summed E-state index contributed by atoms with van der Waals surface area (Å²) in [5.41, 5.74) is 0.0398. The van der Waals surface area contributed by atoms with Crippen LogP contribution in [-0.4, -0.2) is 11.5 Å². The second-order valence-electron chi connectivity index (χ2n) is 3.07. The van der Waals surface area contributed by atoms with Crippen LogP contribution in [0, 0.1) is 13.7 Å². The van der Waals surface area contributed by atoms with Crippen molar-refractivity contribution in [1.82, 2.24) is 0 Å². The molecule has 0 radical (unpaired) electrons. The summed E-state index contributed by atoms with van der Waals surface area (Å²) in [6.07, 6.45) is 1.92. The minimum atomic E-state index is -0.413. The Morgan fingerprint density at radius 2 is 2.27 bits per heavy atom. The summed E-state index contributed by atoms with van der Waals surface area (Å²) in [6.45, 7) is 2.57. The minimum absolute atomic E-state index is 0.0398. The van der Waals surface area contributed by atoms with Gasteiger partial charge in [0.1, 0.15) is 0 Å². The summed E-state index contributed by atoms with van der Waals surface area (Å²) in [5, 5.41) is 10.7. The number of hydrogen-bond donors (Lipinski definition) is 0. The Kier molecular flexibility index (Phi) is 4.80. The molecule has 82 valence electrons. The maximum Gasteiger partial charge on any atom is 0.311 e. The summed E-state index contributed by atoms with van der Waals surface area (Å²) in [4.78, 5) is 10.3. The number of nitrogens with zero attached hydrogens (tertiary/aromatic N) is 1. The van der Waals surface area contributed by atoms with E-state index in [2.05, 4.69) is 0 Å². The number of unbranched alkanes of at least 4 members (excludes halogenated alkanes) is 1. The van der Waals surface area contributed by atoms with Crippen molar-refractivity contribution < 1.29 is 9.66 Å². The number of nitro benzene ring substituents is 1. The van der Waals surface area contributed by atoms with E-state index >= 15 is 0 Å². The predicted octanol–water partition coefficient (Wildman–Crippen LogP) is 3.38. The smallest absolute Gasteiger partial charge is 0.311 e. The lowest BCUT2D eigenvalue weighted by atomic mass is 10.3. The fourth-order valence-electron chi connectivity index (χ4n) is 1.08. The normalized spacial score (nSPS) is 10.0. The van der Waals surface area contributed by atoms with E-state index in [1.54, 1.807) is 12.1 Å². The highest BCUT2D eigenvalue weighted by atomic mass is 127. The van der Waals surface area contributed by atoms with Gasteiger partial charge in [0.15, 0.2) is 5.75 Å². The summed E-state index contributed by atoms with van der Waals surface area (Å²) < 4.78 is 6.18. The fourth-order valence-corrected chi connectivity index (χ4v) is 1.56. The number of benzene rings is 1. The Morgan fingerprint density at radius 1 is 1.53 bits per heavy atom. The third kappa shape index (κ3) is 3.65. The molecule has 4 nitrogen and oxygen atoms in total. The predicted molar refractivity (Wildman–Crippen MR) is 66.2 cm³/mol. The number of hydrogen-bond acceptors (Lipinski definition) is 3. The van der Waals surface area contributed by atoms with Gasteiger partial charge in [0.25, 0.3) is 0 Å². The van der Waals surface area contributed by atoms with Crippen molar-refractivity contribution in [2.45, 2.75) is 19.8 Å². The third-order valence-electron chi connectivity index (χ3n) is 1.87. The summed E-state index contributed by atoms with van der Waals surface area (Å²) in [5.74, 6) is 0.355. The third-order valence-corrected chi connectivity index (χ3v) is 2.54. The van der Waals surface area contributed by atoms with Gasteiger partial charge in [0.05, 0.1) is 11.5 Å². The largest absolute Gasteiger partial charge is 0.487 e. The zero-order valence-corrected chi connectivity index (χ0v) is 10.6. The molecule has 0 saturated heterocycles. The van der Waals surface area contributed by atoms with E-state index < -0.39 is 4.92 Å². The van der Waals surface area contributed by atoms with Crippen LogP contribution >= 0.6 is 22.6 Å². The molecule has 1 aromatic rings. The first kappa shape index (κ1) is 12.2. The maximum absolute atomic E-state index is 10.7. The first-order chi connectivity index (χ1) is 7.15. The van der Waals surface area contributed by atoms with Crippen molar-refractivity contribution in [2.24, 2.45) is 0 Å². The molecule has 1 aromatic carbocycles. The van der Waals surface area contributed by atoms with Crippen LogP contribution in [0.25, 0.3) is 0 Å². The quantitative estimate of drug-likeness (QED) is 0.362. The molecule has 1 rings (SSSR count). The number of ether oxygens (including phenoxy) is 1. The summed E-state index contributed by atoms with van der Waals surface area (Å²) in [6, 6.07) is 4.96. The van der Waals surface area contributed by atoms with Crippen LogP contribution in [-0.2, 0) is 0 Å². The number of rotatable bonds is 5. The Morgan fingerprint density at radius 3 is 2.87 bits per heavy atom. The van der Waals surface area contributed by atoms with E-state index in [9.17, 15) is 10.1 Å². The van der Waals surface area contributed by atoms with Crippen LogP contribution in [0.4, 0.5) is 5.69 Å². The molecule has 0 saturated carbocycles. The first-order valence-corrected chi connectivity index (χ1v) is 5.79. The van der Waals surface area contributed by atoms with Gasteiger partial charge in [-0.05, 0) is 41.1 Å². The lowest BCUT2D eigenvalue weighted by Gasteiger charge is -2.05. The topological polar surface area (TPSA) is 52.4 Å². The SMILES string of the molecule is CCCCOc1ccc(I)cc1[N+](=O)[O-]. The highest BCUT2D eigenvalue weighted by Crippen LogP contribution is 2.28. The van der Waals surface area contributed by atoms with Gasteiger partial charge >= 0.3 is 5.69 Å². The van der Waals surface area contributed by atoms with E-state index in [1.807, 2.05) is 29.5 Å². The Bertz CT molecular complexity index is 355. The maximum atomic E-state index is 10.7. The van der Waals surface area contributed by atoms with Crippen molar-refractivity contribution in [3.63, 3.8) is 0 Å². The van der Waals surface area contributed by atoms with Crippen LogP contribution in [0.15, 0.2) is 18.2 Å². The molecule has 0 spiro atoms. The molecule has 0 aliphatic rings. The van der Waals surface area contributed by atoms with Crippen molar-refractivity contribution in [1.29, 1.82) is 0 Å². The number of halogens is 1. The molecule has 0 fully saturated rings. The van der Waals surface area contributed by atoms with E-state index in [-0.39, 0.29) is 5.69 Å². The van der Waals surface area contributed by atoms with Crippen molar-refractivity contribution in [3.05, 3.63) is 31.9 Å². The Hall–Kier alpha value is -0.850. The van der Waals surface area contributed by atoms with Crippen LogP contribution in [0.1, 0.15) is 19.8 Å².